The number of primary amides is 1. The lowest BCUT2D eigenvalue weighted by Gasteiger charge is -2.05. The number of halogens is 1. The molecular weight excluding hydrogens is 336 g/mol. The Morgan fingerprint density at radius 1 is 1.33 bits per heavy atom. The molecule has 1 amide bonds. The van der Waals surface area contributed by atoms with Crippen molar-refractivity contribution in [2.45, 2.75) is 0 Å². The first-order chi connectivity index (χ1) is 9.99. The fraction of sp³-hybridized carbons (Fsp3) is 0.0667. The van der Waals surface area contributed by atoms with Gasteiger partial charge in [-0.1, -0.05) is 34.1 Å². The molecular formula is C15H15BrN2O3. The Labute approximate surface area is 131 Å². The quantitative estimate of drug-likeness (QED) is 0.742. The van der Waals surface area contributed by atoms with Gasteiger partial charge < -0.3 is 21.0 Å². The number of rotatable bonds is 3. The molecule has 4 N–H and O–H groups in total. The normalized spacial score (nSPS) is 9.24. The first-order valence-electron chi connectivity index (χ1n) is 5.91. The van der Waals surface area contributed by atoms with E-state index in [1.165, 1.54) is 7.11 Å². The van der Waals surface area contributed by atoms with E-state index in [2.05, 4.69) is 15.9 Å². The van der Waals surface area contributed by atoms with Crippen molar-refractivity contribution in [2.75, 3.05) is 7.11 Å². The second kappa shape index (κ2) is 8.06. The molecule has 5 nitrogen and oxygen atoms in total. The first-order valence-corrected chi connectivity index (χ1v) is 6.70. The van der Waals surface area contributed by atoms with E-state index in [0.29, 0.717) is 16.9 Å². The molecule has 0 aliphatic heterocycles. The molecule has 110 valence electrons. The summed E-state index contributed by atoms with van der Waals surface area (Å²) in [4.78, 5) is 10.4. The Balaban J connectivity index is 0.000000219. The maximum absolute atomic E-state index is 10.4. The highest BCUT2D eigenvalue weighted by Crippen LogP contribution is 2.32. The molecule has 2 rings (SSSR count). The van der Waals surface area contributed by atoms with Crippen LogP contribution in [0.1, 0.15) is 15.9 Å². The smallest absolute Gasteiger partial charge is 0.248 e. The molecule has 0 fully saturated rings. The van der Waals surface area contributed by atoms with E-state index in [-0.39, 0.29) is 11.7 Å². The molecule has 0 saturated carbocycles. The molecule has 0 spiro atoms. The van der Waals surface area contributed by atoms with Gasteiger partial charge in [-0.05, 0) is 24.3 Å². The van der Waals surface area contributed by atoms with Crippen molar-refractivity contribution in [1.82, 2.24) is 0 Å². The molecule has 0 unspecified atom stereocenters. The molecule has 0 aliphatic rings. The van der Waals surface area contributed by atoms with E-state index < -0.39 is 0 Å². The summed E-state index contributed by atoms with van der Waals surface area (Å²) in [7, 11) is 1.47. The summed E-state index contributed by atoms with van der Waals surface area (Å²) >= 11 is 3.23. The summed E-state index contributed by atoms with van der Waals surface area (Å²) in [6, 6.07) is 12.0. The number of benzene rings is 2. The van der Waals surface area contributed by atoms with Gasteiger partial charge in [-0.2, -0.15) is 0 Å². The van der Waals surface area contributed by atoms with Crippen molar-refractivity contribution in [2.24, 2.45) is 5.73 Å². The number of nitrogens with one attached hydrogen (secondary N) is 1. The van der Waals surface area contributed by atoms with Crippen LogP contribution in [0.3, 0.4) is 0 Å². The second-order valence-electron chi connectivity index (χ2n) is 3.92. The van der Waals surface area contributed by atoms with E-state index in [1.54, 1.807) is 36.4 Å². The number of nitrogens with two attached hydrogens (primary N) is 1. The number of methoxy groups -OCH3 is 1. The van der Waals surface area contributed by atoms with Crippen LogP contribution in [0.5, 0.6) is 11.5 Å². The summed E-state index contributed by atoms with van der Waals surface area (Å²) in [6.45, 7) is 0. The number of carbonyl (C=O) groups excluding carboxylic acids is 1. The molecule has 0 bridgehead atoms. The standard InChI is InChI=1S/C8H8BrNO2.C7H7NO/c1-12-7-3-6(9)2-5(4-10)8(7)11;8-7(9)6-4-2-1-3-5-6/h2-4,10-11H,1H3;1-5H,(H2,8,9). The van der Waals surface area contributed by atoms with Gasteiger partial charge >= 0.3 is 0 Å². The van der Waals surface area contributed by atoms with Crippen molar-refractivity contribution in [1.29, 1.82) is 5.41 Å². The van der Waals surface area contributed by atoms with Gasteiger partial charge in [-0.25, -0.2) is 0 Å². The predicted octanol–water partition coefficient (Wildman–Crippen LogP) is 2.95. The lowest BCUT2D eigenvalue weighted by Crippen LogP contribution is -2.09. The van der Waals surface area contributed by atoms with Crippen molar-refractivity contribution in [3.05, 3.63) is 58.1 Å². The largest absolute Gasteiger partial charge is 0.504 e. The van der Waals surface area contributed by atoms with Gasteiger partial charge in [0, 0.05) is 21.8 Å². The van der Waals surface area contributed by atoms with Gasteiger partial charge in [-0.15, -0.1) is 0 Å². The molecule has 0 heterocycles. The number of amides is 1. The van der Waals surface area contributed by atoms with Crippen molar-refractivity contribution in [3.63, 3.8) is 0 Å². The van der Waals surface area contributed by atoms with Gasteiger partial charge in [-0.3, -0.25) is 4.79 Å². The van der Waals surface area contributed by atoms with Crippen LogP contribution < -0.4 is 10.5 Å². The zero-order valence-electron chi connectivity index (χ0n) is 11.3. The molecule has 21 heavy (non-hydrogen) atoms. The monoisotopic (exact) mass is 350 g/mol. The van der Waals surface area contributed by atoms with Crippen LogP contribution in [0.4, 0.5) is 0 Å². The number of carbonyl (C=O) groups is 1. The maximum atomic E-state index is 10.4. The SMILES string of the molecule is COc1cc(Br)cc(C=N)c1O.NC(=O)c1ccccc1. The van der Waals surface area contributed by atoms with Crippen molar-refractivity contribution in [3.8, 4) is 11.5 Å². The third-order valence-corrected chi connectivity index (χ3v) is 2.96. The van der Waals surface area contributed by atoms with Gasteiger partial charge in [0.1, 0.15) is 0 Å². The van der Waals surface area contributed by atoms with Crippen LogP contribution in [0.25, 0.3) is 0 Å². The molecule has 2 aromatic carbocycles. The second-order valence-corrected chi connectivity index (χ2v) is 4.84. The zero-order chi connectivity index (χ0) is 15.8. The Bertz CT molecular complexity index is 630. The summed E-state index contributed by atoms with van der Waals surface area (Å²) < 4.78 is 5.66. The minimum Gasteiger partial charge on any atom is -0.504 e. The van der Waals surface area contributed by atoms with Crippen LogP contribution in [-0.2, 0) is 0 Å². The first kappa shape index (κ1) is 16.7. The van der Waals surface area contributed by atoms with Gasteiger partial charge in [0.25, 0.3) is 0 Å². The third-order valence-electron chi connectivity index (χ3n) is 2.50. The Hall–Kier alpha value is -2.34. The van der Waals surface area contributed by atoms with Crippen LogP contribution in [0, 0.1) is 5.41 Å². The molecule has 2 aromatic rings. The van der Waals surface area contributed by atoms with Crippen molar-refractivity contribution >= 4 is 28.1 Å². The number of hydrogen-bond donors (Lipinski definition) is 3. The van der Waals surface area contributed by atoms with E-state index in [1.807, 2.05) is 6.07 Å². The van der Waals surface area contributed by atoms with Crippen LogP contribution in [0.2, 0.25) is 0 Å². The molecule has 0 atom stereocenters. The predicted molar refractivity (Wildman–Crippen MR) is 85.2 cm³/mol. The summed E-state index contributed by atoms with van der Waals surface area (Å²) in [6.07, 6.45) is 1.07. The van der Waals surface area contributed by atoms with E-state index in [9.17, 15) is 9.90 Å². The number of phenols is 1. The fourth-order valence-corrected chi connectivity index (χ4v) is 1.92. The highest BCUT2D eigenvalue weighted by atomic mass is 79.9. The zero-order valence-corrected chi connectivity index (χ0v) is 12.9. The summed E-state index contributed by atoms with van der Waals surface area (Å²) in [5, 5.41) is 16.4. The summed E-state index contributed by atoms with van der Waals surface area (Å²) in [5.41, 5.74) is 5.96. The number of hydrogen-bond acceptors (Lipinski definition) is 4. The Kier molecular flexibility index (Phi) is 6.42. The van der Waals surface area contributed by atoms with Gasteiger partial charge in [0.05, 0.1) is 7.11 Å². The minimum atomic E-state index is -0.379. The Morgan fingerprint density at radius 3 is 2.38 bits per heavy atom. The maximum Gasteiger partial charge on any atom is 0.248 e. The van der Waals surface area contributed by atoms with Crippen LogP contribution in [-0.4, -0.2) is 24.3 Å². The topological polar surface area (TPSA) is 96.4 Å². The van der Waals surface area contributed by atoms with Crippen LogP contribution in [0.15, 0.2) is 46.9 Å². The fourth-order valence-electron chi connectivity index (χ4n) is 1.46. The summed E-state index contributed by atoms with van der Waals surface area (Å²) in [5.74, 6) is -0.0193. The van der Waals surface area contributed by atoms with E-state index in [0.717, 1.165) is 10.7 Å². The van der Waals surface area contributed by atoms with E-state index in [4.69, 9.17) is 15.9 Å². The minimum absolute atomic E-state index is 0.00398. The molecule has 0 radical (unpaired) electrons. The third kappa shape index (κ3) is 4.92. The van der Waals surface area contributed by atoms with E-state index >= 15 is 0 Å². The highest BCUT2D eigenvalue weighted by Gasteiger charge is 2.06. The molecule has 0 saturated heterocycles. The molecule has 0 aliphatic carbocycles. The molecule has 0 aromatic heterocycles. The average Bonchev–Trinajstić information content (AvgIpc) is 2.50. The Morgan fingerprint density at radius 2 is 1.95 bits per heavy atom. The average molecular weight is 351 g/mol. The number of aromatic hydroxyl groups is 1. The van der Waals surface area contributed by atoms with Gasteiger partial charge in [0.15, 0.2) is 11.5 Å². The van der Waals surface area contributed by atoms with Gasteiger partial charge in [0.2, 0.25) is 5.91 Å². The van der Waals surface area contributed by atoms with Crippen molar-refractivity contribution < 1.29 is 14.6 Å². The highest BCUT2D eigenvalue weighted by molar-refractivity contribution is 9.10. The van der Waals surface area contributed by atoms with Crippen LogP contribution >= 0.6 is 15.9 Å². The number of phenolic OH excluding ortho intramolecular Hbond substituents is 1. The lowest BCUT2D eigenvalue weighted by molar-refractivity contribution is 0.100. The lowest BCUT2D eigenvalue weighted by atomic mass is 10.2. The molecule has 6 heteroatoms. The number of ether oxygens (including phenoxy) is 1.